The largest absolute Gasteiger partial charge is 0.422 e. The highest BCUT2D eigenvalue weighted by molar-refractivity contribution is 5.95. The van der Waals surface area contributed by atoms with Crippen LogP contribution in [0.4, 0.5) is 5.82 Å². The summed E-state index contributed by atoms with van der Waals surface area (Å²) < 4.78 is 7.25. The molecule has 24 heavy (non-hydrogen) atoms. The number of carbonyl (C=O) groups is 1. The summed E-state index contributed by atoms with van der Waals surface area (Å²) >= 11 is 0. The van der Waals surface area contributed by atoms with Crippen molar-refractivity contribution in [3.63, 3.8) is 0 Å². The fourth-order valence-corrected chi connectivity index (χ4v) is 3.25. The van der Waals surface area contributed by atoms with Gasteiger partial charge in [-0.05, 0) is 12.8 Å². The zero-order chi connectivity index (χ0) is 16.7. The number of aromatic nitrogens is 5. The number of hydrogen-bond donors (Lipinski definition) is 0. The molecule has 1 aliphatic rings. The van der Waals surface area contributed by atoms with Crippen molar-refractivity contribution >= 4 is 22.8 Å². The van der Waals surface area contributed by atoms with Gasteiger partial charge in [-0.15, -0.1) is 0 Å². The van der Waals surface area contributed by atoms with E-state index < -0.39 is 0 Å². The van der Waals surface area contributed by atoms with Gasteiger partial charge in [-0.3, -0.25) is 4.79 Å². The maximum absolute atomic E-state index is 12.7. The van der Waals surface area contributed by atoms with E-state index in [1.165, 1.54) is 6.33 Å². The van der Waals surface area contributed by atoms with Gasteiger partial charge in [0.2, 0.25) is 5.78 Å². The number of rotatable bonds is 3. The number of aryl methyl sites for hydroxylation is 2. The Bertz CT molecular complexity index is 899. The SMILES string of the molecule is Cc1nc2c(N3CCC[C@@H](C(=O)c4nccn4C)C3)ncnc2o1. The molecular weight excluding hydrogens is 308 g/mol. The highest BCUT2D eigenvalue weighted by Gasteiger charge is 2.30. The van der Waals surface area contributed by atoms with Crippen LogP contribution in [0, 0.1) is 12.8 Å². The van der Waals surface area contributed by atoms with E-state index in [1.807, 2.05) is 7.05 Å². The molecule has 0 spiro atoms. The van der Waals surface area contributed by atoms with Crippen LogP contribution >= 0.6 is 0 Å². The monoisotopic (exact) mass is 326 g/mol. The first kappa shape index (κ1) is 14.8. The first-order chi connectivity index (χ1) is 11.6. The first-order valence-corrected chi connectivity index (χ1v) is 7.98. The number of oxazole rings is 1. The highest BCUT2D eigenvalue weighted by Crippen LogP contribution is 2.28. The molecule has 0 bridgehead atoms. The number of Topliss-reactive ketones (excluding diaryl/α,β-unsaturated/α-hetero) is 1. The Hall–Kier alpha value is -2.77. The topological polar surface area (TPSA) is 89.9 Å². The van der Waals surface area contributed by atoms with Crippen molar-refractivity contribution in [1.82, 2.24) is 24.5 Å². The van der Waals surface area contributed by atoms with Crippen molar-refractivity contribution in [3.8, 4) is 0 Å². The van der Waals surface area contributed by atoms with Crippen LogP contribution in [0.15, 0.2) is 23.1 Å². The minimum atomic E-state index is -0.0992. The molecule has 0 amide bonds. The first-order valence-electron chi connectivity index (χ1n) is 7.98. The van der Waals surface area contributed by atoms with Gasteiger partial charge in [0, 0.05) is 45.4 Å². The molecule has 0 aromatic carbocycles. The van der Waals surface area contributed by atoms with Gasteiger partial charge in [-0.1, -0.05) is 0 Å². The second-order valence-corrected chi connectivity index (χ2v) is 6.10. The van der Waals surface area contributed by atoms with Gasteiger partial charge in [0.1, 0.15) is 6.33 Å². The van der Waals surface area contributed by atoms with Crippen LogP contribution in [0.25, 0.3) is 11.2 Å². The summed E-state index contributed by atoms with van der Waals surface area (Å²) in [5.74, 6) is 1.78. The van der Waals surface area contributed by atoms with Crippen molar-refractivity contribution < 1.29 is 9.21 Å². The fraction of sp³-hybridized carbons (Fsp3) is 0.438. The number of fused-ring (bicyclic) bond motifs is 1. The van der Waals surface area contributed by atoms with Crippen LogP contribution in [0.5, 0.6) is 0 Å². The summed E-state index contributed by atoms with van der Waals surface area (Å²) in [7, 11) is 1.84. The zero-order valence-electron chi connectivity index (χ0n) is 13.6. The van der Waals surface area contributed by atoms with E-state index >= 15 is 0 Å². The third-order valence-electron chi connectivity index (χ3n) is 4.42. The van der Waals surface area contributed by atoms with E-state index in [2.05, 4.69) is 24.8 Å². The van der Waals surface area contributed by atoms with E-state index in [-0.39, 0.29) is 11.7 Å². The summed E-state index contributed by atoms with van der Waals surface area (Å²) in [4.78, 5) is 31.9. The molecule has 0 aliphatic carbocycles. The molecule has 1 saturated heterocycles. The second kappa shape index (κ2) is 5.70. The summed E-state index contributed by atoms with van der Waals surface area (Å²) in [5, 5.41) is 0. The van der Waals surface area contributed by atoms with E-state index in [0.29, 0.717) is 29.5 Å². The predicted molar refractivity (Wildman–Crippen MR) is 86.8 cm³/mol. The summed E-state index contributed by atoms with van der Waals surface area (Å²) in [6.07, 6.45) is 6.70. The lowest BCUT2D eigenvalue weighted by molar-refractivity contribution is 0.0893. The molecule has 1 fully saturated rings. The van der Waals surface area contributed by atoms with Gasteiger partial charge in [0.05, 0.1) is 0 Å². The van der Waals surface area contributed by atoms with Gasteiger partial charge in [-0.25, -0.2) is 15.0 Å². The number of ketones is 1. The van der Waals surface area contributed by atoms with E-state index in [9.17, 15) is 4.79 Å². The van der Waals surface area contributed by atoms with Crippen molar-refractivity contribution in [2.24, 2.45) is 13.0 Å². The smallest absolute Gasteiger partial charge is 0.252 e. The predicted octanol–water partition coefficient (Wildman–Crippen LogP) is 1.76. The molecule has 0 unspecified atom stereocenters. The third kappa shape index (κ3) is 2.44. The number of anilines is 1. The Balaban J connectivity index is 1.63. The summed E-state index contributed by atoms with van der Waals surface area (Å²) in [5.41, 5.74) is 1.13. The molecule has 3 aromatic heterocycles. The van der Waals surface area contributed by atoms with Gasteiger partial charge >= 0.3 is 0 Å². The molecule has 8 nitrogen and oxygen atoms in total. The zero-order valence-corrected chi connectivity index (χ0v) is 13.6. The van der Waals surface area contributed by atoms with Crippen LogP contribution in [0.3, 0.4) is 0 Å². The lowest BCUT2D eigenvalue weighted by Crippen LogP contribution is -2.40. The Morgan fingerprint density at radius 3 is 3.00 bits per heavy atom. The average Bonchev–Trinajstić information content (AvgIpc) is 3.18. The summed E-state index contributed by atoms with van der Waals surface area (Å²) in [6, 6.07) is 0. The number of piperidine rings is 1. The van der Waals surface area contributed by atoms with E-state index in [0.717, 1.165) is 25.2 Å². The van der Waals surface area contributed by atoms with E-state index in [1.54, 1.807) is 23.9 Å². The fourth-order valence-electron chi connectivity index (χ4n) is 3.25. The highest BCUT2D eigenvalue weighted by atomic mass is 16.4. The molecule has 8 heteroatoms. The van der Waals surface area contributed by atoms with Crippen LogP contribution in [-0.2, 0) is 7.05 Å². The van der Waals surface area contributed by atoms with Crippen LogP contribution in [0.2, 0.25) is 0 Å². The standard InChI is InChI=1S/C16H18N6O2/c1-10-20-12-14(18-9-19-16(12)24-10)22-6-3-4-11(8-22)13(23)15-17-5-7-21(15)2/h5,7,9,11H,3-4,6,8H2,1-2H3/t11-/m1/s1. The quantitative estimate of drug-likeness (QED) is 0.677. The Morgan fingerprint density at radius 2 is 2.21 bits per heavy atom. The molecule has 0 radical (unpaired) electrons. The molecule has 4 heterocycles. The lowest BCUT2D eigenvalue weighted by Gasteiger charge is -2.32. The molecule has 1 aliphatic heterocycles. The van der Waals surface area contributed by atoms with Gasteiger partial charge in [-0.2, -0.15) is 4.98 Å². The molecule has 4 rings (SSSR count). The normalized spacial score (nSPS) is 18.2. The van der Waals surface area contributed by atoms with Crippen molar-refractivity contribution in [1.29, 1.82) is 0 Å². The third-order valence-corrected chi connectivity index (χ3v) is 4.42. The number of hydrogen-bond acceptors (Lipinski definition) is 7. The maximum Gasteiger partial charge on any atom is 0.252 e. The molecule has 1 atom stereocenters. The number of carbonyl (C=O) groups excluding carboxylic acids is 1. The molecular formula is C16H18N6O2. The molecule has 124 valence electrons. The Kier molecular flexibility index (Phi) is 3.51. The van der Waals surface area contributed by atoms with Crippen molar-refractivity contribution in [2.75, 3.05) is 18.0 Å². The minimum absolute atomic E-state index is 0.0776. The molecule has 3 aromatic rings. The maximum atomic E-state index is 12.7. The van der Waals surface area contributed by atoms with Crippen LogP contribution < -0.4 is 4.90 Å². The second-order valence-electron chi connectivity index (χ2n) is 6.10. The lowest BCUT2D eigenvalue weighted by atomic mass is 9.93. The van der Waals surface area contributed by atoms with Gasteiger partial charge < -0.3 is 13.9 Å². The summed E-state index contributed by atoms with van der Waals surface area (Å²) in [6.45, 7) is 3.22. The minimum Gasteiger partial charge on any atom is -0.422 e. The average molecular weight is 326 g/mol. The number of imidazole rings is 1. The van der Waals surface area contributed by atoms with Crippen LogP contribution in [0.1, 0.15) is 29.4 Å². The Labute approximate surface area is 138 Å². The van der Waals surface area contributed by atoms with Crippen molar-refractivity contribution in [2.45, 2.75) is 19.8 Å². The van der Waals surface area contributed by atoms with Crippen LogP contribution in [-0.4, -0.2) is 43.4 Å². The molecule has 0 N–H and O–H groups in total. The van der Waals surface area contributed by atoms with Crippen molar-refractivity contribution in [3.05, 3.63) is 30.4 Å². The van der Waals surface area contributed by atoms with E-state index in [4.69, 9.17) is 4.42 Å². The van der Waals surface area contributed by atoms with Gasteiger partial charge in [0.15, 0.2) is 23.0 Å². The molecule has 0 saturated carbocycles. The number of nitrogens with zero attached hydrogens (tertiary/aromatic N) is 6. The Morgan fingerprint density at radius 1 is 1.33 bits per heavy atom. The van der Waals surface area contributed by atoms with Gasteiger partial charge in [0.25, 0.3) is 5.71 Å².